The fourth-order valence-corrected chi connectivity index (χ4v) is 5.77. The number of amides is 1. The smallest absolute Gasteiger partial charge is 0.226 e. The van der Waals surface area contributed by atoms with Crippen LogP contribution in [0.25, 0.3) is 11.1 Å². The van der Waals surface area contributed by atoms with Crippen molar-refractivity contribution in [2.45, 2.75) is 45.1 Å². The van der Waals surface area contributed by atoms with Crippen molar-refractivity contribution in [1.29, 1.82) is 0 Å². The molecular weight excluding hydrogens is 288 g/mol. The van der Waals surface area contributed by atoms with Crippen LogP contribution in [-0.2, 0) is 11.3 Å². The Morgan fingerprint density at radius 3 is 2.57 bits per heavy atom. The van der Waals surface area contributed by atoms with Crippen molar-refractivity contribution in [3.05, 3.63) is 30.2 Å². The van der Waals surface area contributed by atoms with Crippen LogP contribution in [0.4, 0.5) is 0 Å². The molecule has 0 aliphatic heterocycles. The van der Waals surface area contributed by atoms with Crippen LogP contribution in [0.1, 0.15) is 44.1 Å². The third-order valence-corrected chi connectivity index (χ3v) is 6.37. The van der Waals surface area contributed by atoms with Gasteiger partial charge < -0.3 is 9.73 Å². The molecule has 0 saturated heterocycles. The van der Waals surface area contributed by atoms with Gasteiger partial charge in [-0.05, 0) is 74.0 Å². The summed E-state index contributed by atoms with van der Waals surface area (Å²) in [7, 11) is 0. The van der Waals surface area contributed by atoms with Gasteiger partial charge in [-0.1, -0.05) is 6.07 Å². The first-order valence-electron chi connectivity index (χ1n) is 8.81. The van der Waals surface area contributed by atoms with Crippen LogP contribution in [0.15, 0.2) is 29.0 Å². The summed E-state index contributed by atoms with van der Waals surface area (Å²) in [5.74, 6) is 2.70. The molecule has 6 rings (SSSR count). The molecule has 4 aliphatic carbocycles. The van der Waals surface area contributed by atoms with Crippen molar-refractivity contribution in [3.63, 3.8) is 0 Å². The standard InChI is InChI=1S/C19H22N2O2/c22-18(19-7-13-3-14(8-19)5-15(4-13)9-19)20-10-12-1-2-16-17(6-12)23-11-21-16/h1-2,6,11,13-15H,3-5,7-10H2,(H,20,22). The van der Waals surface area contributed by atoms with Crippen molar-refractivity contribution in [1.82, 2.24) is 10.3 Å². The summed E-state index contributed by atoms with van der Waals surface area (Å²) in [5.41, 5.74) is 2.66. The number of fused-ring (bicyclic) bond motifs is 1. The second-order valence-electron chi connectivity index (χ2n) is 8.03. The second-order valence-corrected chi connectivity index (χ2v) is 8.03. The first-order chi connectivity index (χ1) is 11.2. The summed E-state index contributed by atoms with van der Waals surface area (Å²) in [6, 6.07) is 5.94. The molecular formula is C19H22N2O2. The Morgan fingerprint density at radius 1 is 1.17 bits per heavy atom. The number of hydrogen-bond acceptors (Lipinski definition) is 3. The van der Waals surface area contributed by atoms with Crippen LogP contribution in [0.3, 0.4) is 0 Å². The predicted molar refractivity (Wildman–Crippen MR) is 86.5 cm³/mol. The van der Waals surface area contributed by atoms with Gasteiger partial charge in [0.2, 0.25) is 5.91 Å². The maximum absolute atomic E-state index is 12.9. The molecule has 0 radical (unpaired) electrons. The minimum absolute atomic E-state index is 0.0644. The molecule has 4 aliphatic rings. The number of carbonyl (C=O) groups is 1. The molecule has 2 aromatic rings. The number of nitrogens with zero attached hydrogens (tertiary/aromatic N) is 1. The Morgan fingerprint density at radius 2 is 1.87 bits per heavy atom. The fraction of sp³-hybridized carbons (Fsp3) is 0.579. The van der Waals surface area contributed by atoms with E-state index in [9.17, 15) is 4.79 Å². The van der Waals surface area contributed by atoms with E-state index in [2.05, 4.69) is 10.3 Å². The maximum Gasteiger partial charge on any atom is 0.226 e. The first-order valence-corrected chi connectivity index (χ1v) is 8.81. The molecule has 4 nitrogen and oxygen atoms in total. The summed E-state index contributed by atoms with van der Waals surface area (Å²) in [6.45, 7) is 0.581. The third-order valence-electron chi connectivity index (χ3n) is 6.37. The van der Waals surface area contributed by atoms with Crippen LogP contribution < -0.4 is 5.32 Å². The zero-order valence-electron chi connectivity index (χ0n) is 13.3. The van der Waals surface area contributed by atoms with Gasteiger partial charge in [-0.2, -0.15) is 0 Å². The van der Waals surface area contributed by atoms with Gasteiger partial charge in [0, 0.05) is 12.0 Å². The zero-order chi connectivity index (χ0) is 15.4. The van der Waals surface area contributed by atoms with Crippen LogP contribution in [0.2, 0.25) is 0 Å². The number of benzene rings is 1. The molecule has 0 atom stereocenters. The quantitative estimate of drug-likeness (QED) is 0.941. The second kappa shape index (κ2) is 4.83. The maximum atomic E-state index is 12.9. The average molecular weight is 310 g/mol. The lowest BCUT2D eigenvalue weighted by molar-refractivity contribution is -0.146. The Kier molecular flexibility index (Phi) is 2.85. The molecule has 4 heteroatoms. The van der Waals surface area contributed by atoms with E-state index in [1.54, 1.807) is 0 Å². The Bertz CT molecular complexity index is 728. The Balaban J connectivity index is 1.31. The third kappa shape index (κ3) is 2.19. The predicted octanol–water partition coefficient (Wildman–Crippen LogP) is 3.66. The van der Waals surface area contributed by atoms with Gasteiger partial charge in [-0.25, -0.2) is 4.98 Å². The summed E-state index contributed by atoms with van der Waals surface area (Å²) < 4.78 is 5.34. The van der Waals surface area contributed by atoms with Crippen molar-refractivity contribution in [2.24, 2.45) is 23.2 Å². The van der Waals surface area contributed by atoms with Crippen molar-refractivity contribution >= 4 is 17.0 Å². The number of carbonyl (C=O) groups excluding carboxylic acids is 1. The topological polar surface area (TPSA) is 55.1 Å². The molecule has 1 amide bonds. The molecule has 4 fully saturated rings. The molecule has 1 N–H and O–H groups in total. The van der Waals surface area contributed by atoms with E-state index in [0.29, 0.717) is 6.54 Å². The summed E-state index contributed by atoms with van der Waals surface area (Å²) in [4.78, 5) is 17.1. The molecule has 0 spiro atoms. The van der Waals surface area contributed by atoms with E-state index in [1.807, 2.05) is 18.2 Å². The minimum Gasteiger partial charge on any atom is -0.443 e. The van der Waals surface area contributed by atoms with Crippen molar-refractivity contribution in [3.8, 4) is 0 Å². The summed E-state index contributed by atoms with van der Waals surface area (Å²) >= 11 is 0. The van der Waals surface area contributed by atoms with E-state index in [1.165, 1.54) is 25.7 Å². The Hall–Kier alpha value is -1.84. The highest BCUT2D eigenvalue weighted by Crippen LogP contribution is 2.60. The largest absolute Gasteiger partial charge is 0.443 e. The summed E-state index contributed by atoms with van der Waals surface area (Å²) in [6.07, 6.45) is 8.92. The highest BCUT2D eigenvalue weighted by atomic mass is 16.3. The number of oxazole rings is 1. The molecule has 0 unspecified atom stereocenters. The number of hydrogen-bond donors (Lipinski definition) is 1. The van der Waals surface area contributed by atoms with Gasteiger partial charge in [0.1, 0.15) is 5.52 Å². The SMILES string of the molecule is O=C(NCc1ccc2ncoc2c1)C12CC3CC(CC(C3)C1)C2. The van der Waals surface area contributed by atoms with E-state index >= 15 is 0 Å². The van der Waals surface area contributed by atoms with Crippen LogP contribution >= 0.6 is 0 Å². The van der Waals surface area contributed by atoms with Crippen LogP contribution in [0.5, 0.6) is 0 Å². The Labute approximate surface area is 135 Å². The molecule has 4 saturated carbocycles. The number of nitrogens with one attached hydrogen (secondary N) is 1. The number of rotatable bonds is 3. The number of aromatic nitrogens is 1. The van der Waals surface area contributed by atoms with Crippen LogP contribution in [0, 0.1) is 23.2 Å². The highest BCUT2D eigenvalue weighted by molar-refractivity contribution is 5.83. The average Bonchev–Trinajstić information content (AvgIpc) is 2.99. The van der Waals surface area contributed by atoms with E-state index in [-0.39, 0.29) is 11.3 Å². The molecule has 120 valence electrons. The van der Waals surface area contributed by atoms with Gasteiger partial charge in [0.15, 0.2) is 12.0 Å². The van der Waals surface area contributed by atoms with Gasteiger partial charge in [0.25, 0.3) is 0 Å². The van der Waals surface area contributed by atoms with E-state index in [0.717, 1.165) is 53.7 Å². The zero-order valence-corrected chi connectivity index (χ0v) is 13.3. The molecule has 1 aromatic carbocycles. The normalized spacial score (nSPS) is 34.9. The lowest BCUT2D eigenvalue weighted by atomic mass is 9.49. The van der Waals surface area contributed by atoms with E-state index < -0.39 is 0 Å². The monoisotopic (exact) mass is 310 g/mol. The lowest BCUT2D eigenvalue weighted by Crippen LogP contribution is -2.53. The minimum atomic E-state index is -0.0644. The molecule has 23 heavy (non-hydrogen) atoms. The van der Waals surface area contributed by atoms with Gasteiger partial charge >= 0.3 is 0 Å². The van der Waals surface area contributed by atoms with Crippen molar-refractivity contribution in [2.75, 3.05) is 0 Å². The molecule has 1 aromatic heterocycles. The van der Waals surface area contributed by atoms with Gasteiger partial charge in [0.05, 0.1) is 0 Å². The lowest BCUT2D eigenvalue weighted by Gasteiger charge is -2.55. The first kappa shape index (κ1) is 13.6. The van der Waals surface area contributed by atoms with Crippen LogP contribution in [-0.4, -0.2) is 10.9 Å². The molecule has 4 bridgehead atoms. The van der Waals surface area contributed by atoms with Gasteiger partial charge in [-0.3, -0.25) is 4.79 Å². The van der Waals surface area contributed by atoms with Crippen molar-refractivity contribution < 1.29 is 9.21 Å². The fourth-order valence-electron chi connectivity index (χ4n) is 5.77. The van der Waals surface area contributed by atoms with Gasteiger partial charge in [-0.15, -0.1) is 0 Å². The molecule has 1 heterocycles. The van der Waals surface area contributed by atoms with E-state index in [4.69, 9.17) is 4.42 Å². The highest BCUT2D eigenvalue weighted by Gasteiger charge is 2.54. The summed E-state index contributed by atoms with van der Waals surface area (Å²) in [5, 5.41) is 3.21.